The van der Waals surface area contributed by atoms with Gasteiger partial charge in [-0.25, -0.2) is 9.97 Å². The van der Waals surface area contributed by atoms with E-state index < -0.39 is 4.92 Å². The third kappa shape index (κ3) is 2.06. The Balaban J connectivity index is 2.40. The fraction of sp³-hybridized carbons (Fsp3) is 0. The van der Waals surface area contributed by atoms with Gasteiger partial charge in [0.05, 0.1) is 4.92 Å². The van der Waals surface area contributed by atoms with Gasteiger partial charge in [-0.3, -0.25) is 10.1 Å². The zero-order chi connectivity index (χ0) is 11.5. The van der Waals surface area contributed by atoms with Crippen molar-refractivity contribution in [2.75, 3.05) is 5.73 Å². The van der Waals surface area contributed by atoms with Crippen molar-refractivity contribution in [1.29, 1.82) is 0 Å². The highest BCUT2D eigenvalue weighted by Crippen LogP contribution is 2.35. The lowest BCUT2D eigenvalue weighted by Gasteiger charge is -1.99. The second kappa shape index (κ2) is 4.37. The maximum Gasteiger partial charge on any atom is 0.343 e. The molecule has 2 aromatic rings. The van der Waals surface area contributed by atoms with Crippen molar-refractivity contribution in [3.63, 3.8) is 0 Å². The summed E-state index contributed by atoms with van der Waals surface area (Å²) in [5.74, 6) is -0.160. The zero-order valence-corrected chi connectivity index (χ0v) is 9.23. The number of rotatable bonds is 3. The van der Waals surface area contributed by atoms with Gasteiger partial charge in [-0.15, -0.1) is 10.2 Å². The molecule has 0 saturated heterocycles. The first-order valence-corrected chi connectivity index (χ1v) is 5.57. The van der Waals surface area contributed by atoms with Gasteiger partial charge in [0.1, 0.15) is 11.8 Å². The average Bonchev–Trinajstić information content (AvgIpc) is 2.70. The van der Waals surface area contributed by atoms with Gasteiger partial charge < -0.3 is 5.73 Å². The maximum absolute atomic E-state index is 10.8. The Kier molecular flexibility index (Phi) is 2.92. The number of nitro groups is 1. The van der Waals surface area contributed by atoms with Gasteiger partial charge in [-0.1, -0.05) is 11.3 Å². The molecule has 2 rings (SSSR count). The quantitative estimate of drug-likeness (QED) is 0.489. The predicted octanol–water partition coefficient (Wildman–Crippen LogP) is 0.970. The van der Waals surface area contributed by atoms with E-state index in [2.05, 4.69) is 20.2 Å². The van der Waals surface area contributed by atoms with E-state index in [9.17, 15) is 10.1 Å². The minimum absolute atomic E-state index is 0.160. The molecule has 0 aliphatic rings. The summed E-state index contributed by atoms with van der Waals surface area (Å²) in [6.45, 7) is 0. The molecule has 0 aliphatic carbocycles. The van der Waals surface area contributed by atoms with Crippen LogP contribution in [0, 0.1) is 10.1 Å². The number of anilines is 1. The van der Waals surface area contributed by atoms with Crippen LogP contribution in [-0.4, -0.2) is 25.1 Å². The molecule has 0 spiro atoms. The van der Waals surface area contributed by atoms with Gasteiger partial charge >= 0.3 is 5.69 Å². The number of hydrogen-bond donors (Lipinski definition) is 1. The van der Waals surface area contributed by atoms with Crippen molar-refractivity contribution >= 4 is 34.6 Å². The minimum atomic E-state index is -0.612. The fourth-order valence-corrected chi connectivity index (χ4v) is 2.38. The molecule has 8 nitrogen and oxygen atoms in total. The lowest BCUT2D eigenvalue weighted by molar-refractivity contribution is -0.387. The van der Waals surface area contributed by atoms with Crippen molar-refractivity contribution in [2.45, 2.75) is 9.37 Å². The van der Waals surface area contributed by atoms with E-state index in [1.54, 1.807) is 0 Å². The Bertz CT molecular complexity index is 516. The maximum atomic E-state index is 10.8. The van der Waals surface area contributed by atoms with Gasteiger partial charge in [-0.05, 0) is 11.8 Å². The lowest BCUT2D eigenvalue weighted by atomic mass is 10.5. The Hall–Kier alpha value is -1.81. The van der Waals surface area contributed by atoms with Crippen LogP contribution in [0.2, 0.25) is 0 Å². The molecule has 0 saturated carbocycles. The number of hydrogen-bond acceptors (Lipinski definition) is 9. The van der Waals surface area contributed by atoms with Crippen molar-refractivity contribution in [3.05, 3.63) is 22.0 Å². The molecule has 0 unspecified atom stereocenters. The largest absolute Gasteiger partial charge is 0.378 e. The molecule has 0 radical (unpaired) electrons. The Morgan fingerprint density at radius 3 is 2.94 bits per heavy atom. The molecular weight excluding hydrogens is 252 g/mol. The van der Waals surface area contributed by atoms with Crippen LogP contribution in [0.1, 0.15) is 0 Å². The summed E-state index contributed by atoms with van der Waals surface area (Å²) in [5.41, 5.74) is 6.64. The van der Waals surface area contributed by atoms with Crippen LogP contribution in [0.25, 0.3) is 0 Å². The molecule has 0 aromatic carbocycles. The summed E-state index contributed by atoms with van der Waals surface area (Å²) in [5, 5.41) is 18.3. The minimum Gasteiger partial charge on any atom is -0.378 e. The summed E-state index contributed by atoms with van der Waals surface area (Å²) in [6, 6.07) is 0. The third-order valence-corrected chi connectivity index (χ3v) is 3.29. The van der Waals surface area contributed by atoms with E-state index >= 15 is 0 Å². The van der Waals surface area contributed by atoms with E-state index in [-0.39, 0.29) is 16.5 Å². The van der Waals surface area contributed by atoms with E-state index in [0.29, 0.717) is 4.34 Å². The molecular formula is C6H4N6O2S2. The highest BCUT2D eigenvalue weighted by Gasteiger charge is 2.22. The van der Waals surface area contributed by atoms with Crippen LogP contribution in [0.3, 0.4) is 0 Å². The summed E-state index contributed by atoms with van der Waals surface area (Å²) in [4.78, 5) is 17.5. The average molecular weight is 256 g/mol. The normalized spacial score (nSPS) is 10.2. The van der Waals surface area contributed by atoms with Crippen LogP contribution < -0.4 is 5.73 Å². The van der Waals surface area contributed by atoms with Crippen LogP contribution in [0.15, 0.2) is 21.2 Å². The molecule has 2 aromatic heterocycles. The van der Waals surface area contributed by atoms with Crippen molar-refractivity contribution in [1.82, 2.24) is 20.2 Å². The molecule has 2 heterocycles. The zero-order valence-electron chi connectivity index (χ0n) is 7.60. The summed E-state index contributed by atoms with van der Waals surface area (Å²) in [6.07, 6.45) is 1.17. The van der Waals surface area contributed by atoms with E-state index in [1.807, 2.05) is 0 Å². The molecule has 0 fully saturated rings. The summed E-state index contributed by atoms with van der Waals surface area (Å²) in [7, 11) is 0. The van der Waals surface area contributed by atoms with E-state index in [1.165, 1.54) is 23.2 Å². The first-order valence-electron chi connectivity index (χ1n) is 3.87. The van der Waals surface area contributed by atoms with E-state index in [4.69, 9.17) is 5.73 Å². The molecule has 0 aliphatic heterocycles. The molecule has 16 heavy (non-hydrogen) atoms. The highest BCUT2D eigenvalue weighted by atomic mass is 32.2. The molecule has 0 bridgehead atoms. The SMILES string of the molecule is Nc1ncnc(Sc2nncs2)c1[N+](=O)[O-]. The molecule has 82 valence electrons. The van der Waals surface area contributed by atoms with Crippen molar-refractivity contribution in [2.24, 2.45) is 0 Å². The molecule has 10 heteroatoms. The first kappa shape index (κ1) is 10.7. The lowest BCUT2D eigenvalue weighted by Crippen LogP contribution is -2.01. The third-order valence-electron chi connectivity index (χ3n) is 1.52. The standard InChI is InChI=1S/C6H4N6O2S2/c7-4-3(12(13)14)5(9-1-8-4)16-6-11-10-2-15-6/h1-2H,(H2,7,8,9). The van der Waals surface area contributed by atoms with Crippen LogP contribution in [0.5, 0.6) is 0 Å². The second-order valence-corrected chi connectivity index (χ2v) is 4.55. The van der Waals surface area contributed by atoms with Crippen molar-refractivity contribution in [3.8, 4) is 0 Å². The smallest absolute Gasteiger partial charge is 0.343 e. The number of nitrogen functional groups attached to an aromatic ring is 1. The van der Waals surface area contributed by atoms with Crippen LogP contribution >= 0.6 is 23.1 Å². The van der Waals surface area contributed by atoms with Gasteiger partial charge in [0.2, 0.25) is 5.82 Å². The second-order valence-electron chi connectivity index (χ2n) is 2.48. The van der Waals surface area contributed by atoms with Crippen LogP contribution in [0.4, 0.5) is 11.5 Å². The Morgan fingerprint density at radius 2 is 2.31 bits per heavy atom. The van der Waals surface area contributed by atoms with Gasteiger partial charge in [0, 0.05) is 0 Å². The molecule has 0 amide bonds. The number of nitrogens with two attached hydrogens (primary N) is 1. The van der Waals surface area contributed by atoms with Crippen LogP contribution in [-0.2, 0) is 0 Å². The summed E-state index contributed by atoms with van der Waals surface area (Å²) >= 11 is 2.30. The monoisotopic (exact) mass is 256 g/mol. The van der Waals surface area contributed by atoms with Gasteiger partial charge in [-0.2, -0.15) is 0 Å². The highest BCUT2D eigenvalue weighted by molar-refractivity contribution is 8.01. The molecule has 2 N–H and O–H groups in total. The fourth-order valence-electron chi connectivity index (χ4n) is 0.912. The van der Waals surface area contributed by atoms with E-state index in [0.717, 1.165) is 11.8 Å². The first-order chi connectivity index (χ1) is 7.68. The molecule has 0 atom stereocenters. The van der Waals surface area contributed by atoms with Crippen molar-refractivity contribution < 1.29 is 4.92 Å². The van der Waals surface area contributed by atoms with Gasteiger partial charge in [0.25, 0.3) is 0 Å². The Morgan fingerprint density at radius 1 is 1.50 bits per heavy atom. The number of aromatic nitrogens is 4. The topological polar surface area (TPSA) is 121 Å². The summed E-state index contributed by atoms with van der Waals surface area (Å²) < 4.78 is 0.557. The predicted molar refractivity (Wildman–Crippen MR) is 57.1 cm³/mol. The number of nitrogens with zero attached hydrogens (tertiary/aromatic N) is 5. The van der Waals surface area contributed by atoms with Gasteiger partial charge in [0.15, 0.2) is 9.37 Å². The Labute approximate surface area is 97.1 Å².